The summed E-state index contributed by atoms with van der Waals surface area (Å²) in [4.78, 5) is 21.8. The molecule has 0 saturated carbocycles. The van der Waals surface area contributed by atoms with E-state index in [2.05, 4.69) is 6.58 Å². The van der Waals surface area contributed by atoms with Gasteiger partial charge in [-0.25, -0.2) is 9.59 Å². The molecule has 0 aliphatic heterocycles. The molecule has 7 nitrogen and oxygen atoms in total. The summed E-state index contributed by atoms with van der Waals surface area (Å²) < 4.78 is 15.4. The lowest BCUT2D eigenvalue weighted by Crippen LogP contribution is -2.06. The predicted octanol–water partition coefficient (Wildman–Crippen LogP) is 4.33. The molecule has 0 aliphatic rings. The molecular formula is C23H29NO6. The molecule has 0 atom stereocenters. The fourth-order valence-corrected chi connectivity index (χ4v) is 2.16. The number of carbonyl (C=O) groups excluding carboxylic acids is 1. The van der Waals surface area contributed by atoms with Crippen LogP contribution < -0.4 is 15.2 Å². The number of aromatic carboxylic acids is 1. The van der Waals surface area contributed by atoms with Crippen molar-refractivity contribution < 1.29 is 28.9 Å². The Morgan fingerprint density at radius 1 is 0.933 bits per heavy atom. The zero-order valence-corrected chi connectivity index (χ0v) is 17.4. The third-order valence-corrected chi connectivity index (χ3v) is 3.86. The van der Waals surface area contributed by atoms with Gasteiger partial charge in [0.25, 0.3) is 0 Å². The van der Waals surface area contributed by atoms with Crippen molar-refractivity contribution in [1.29, 1.82) is 0 Å². The average molecular weight is 415 g/mol. The van der Waals surface area contributed by atoms with Crippen molar-refractivity contribution >= 4 is 17.6 Å². The number of nitrogen functional groups attached to an aromatic ring is 1. The van der Waals surface area contributed by atoms with E-state index >= 15 is 0 Å². The average Bonchev–Trinajstić information content (AvgIpc) is 2.74. The highest BCUT2D eigenvalue weighted by atomic mass is 16.5. The highest BCUT2D eigenvalue weighted by molar-refractivity contribution is 5.87. The molecule has 0 fully saturated rings. The number of esters is 1. The number of methoxy groups -OCH3 is 1. The van der Waals surface area contributed by atoms with Gasteiger partial charge in [0.15, 0.2) is 0 Å². The van der Waals surface area contributed by atoms with Gasteiger partial charge in [0.05, 0.1) is 25.9 Å². The number of carboxylic acids is 1. The second-order valence-electron chi connectivity index (χ2n) is 6.43. The van der Waals surface area contributed by atoms with Crippen LogP contribution in [0.2, 0.25) is 0 Å². The maximum atomic E-state index is 11.1. The van der Waals surface area contributed by atoms with E-state index in [9.17, 15) is 9.59 Å². The number of benzene rings is 2. The van der Waals surface area contributed by atoms with Crippen molar-refractivity contribution in [3.8, 4) is 11.5 Å². The van der Waals surface area contributed by atoms with E-state index in [0.717, 1.165) is 30.7 Å². The highest BCUT2D eigenvalue weighted by Crippen LogP contribution is 2.13. The summed E-state index contributed by atoms with van der Waals surface area (Å²) in [5, 5.41) is 8.76. The summed E-state index contributed by atoms with van der Waals surface area (Å²) in [7, 11) is 1.63. The van der Waals surface area contributed by atoms with E-state index < -0.39 is 5.97 Å². The van der Waals surface area contributed by atoms with Crippen molar-refractivity contribution in [2.24, 2.45) is 0 Å². The Morgan fingerprint density at radius 3 is 2.03 bits per heavy atom. The highest BCUT2D eigenvalue weighted by Gasteiger charge is 2.03. The molecular weight excluding hydrogens is 386 g/mol. The van der Waals surface area contributed by atoms with Gasteiger partial charge in [-0.05, 0) is 74.7 Å². The van der Waals surface area contributed by atoms with E-state index in [1.54, 1.807) is 38.3 Å². The maximum Gasteiger partial charge on any atom is 0.335 e. The number of hydrogen-bond donors (Lipinski definition) is 2. The molecule has 0 aromatic heterocycles. The Labute approximate surface area is 177 Å². The molecule has 30 heavy (non-hydrogen) atoms. The SMILES string of the molecule is C=C(C)C(=O)OCCCCCOc1ccc(C(=O)O)cc1.COc1ccc(N)cc1. The summed E-state index contributed by atoms with van der Waals surface area (Å²) in [6, 6.07) is 13.6. The van der Waals surface area contributed by atoms with Crippen LogP contribution in [0.4, 0.5) is 5.69 Å². The standard InChI is InChI=1S/C16H20O5.C7H9NO/c1-12(2)16(19)21-11-5-3-4-10-20-14-8-6-13(7-9-14)15(17)18;1-9-7-4-2-6(8)3-5-7/h6-9H,1,3-5,10-11H2,2H3,(H,17,18);2-5H,8H2,1H3. The minimum absolute atomic E-state index is 0.238. The van der Waals surface area contributed by atoms with Gasteiger partial charge in [-0.15, -0.1) is 0 Å². The monoisotopic (exact) mass is 415 g/mol. The van der Waals surface area contributed by atoms with Crippen LogP contribution in [0.25, 0.3) is 0 Å². The molecule has 2 rings (SSSR count). The lowest BCUT2D eigenvalue weighted by atomic mass is 10.2. The second-order valence-corrected chi connectivity index (χ2v) is 6.43. The Bertz CT molecular complexity index is 799. The number of unbranched alkanes of at least 4 members (excludes halogenated alkanes) is 2. The first-order chi connectivity index (χ1) is 14.3. The largest absolute Gasteiger partial charge is 0.497 e. The van der Waals surface area contributed by atoms with Gasteiger partial charge in [-0.1, -0.05) is 6.58 Å². The van der Waals surface area contributed by atoms with Crippen molar-refractivity contribution in [2.75, 3.05) is 26.1 Å². The summed E-state index contributed by atoms with van der Waals surface area (Å²) in [5.74, 6) is 0.175. The van der Waals surface area contributed by atoms with Gasteiger partial charge in [-0.2, -0.15) is 0 Å². The summed E-state index contributed by atoms with van der Waals surface area (Å²) in [6.07, 6.45) is 2.50. The first-order valence-corrected chi connectivity index (χ1v) is 9.51. The third-order valence-electron chi connectivity index (χ3n) is 3.86. The van der Waals surface area contributed by atoms with Crippen LogP contribution in [-0.4, -0.2) is 37.4 Å². The number of ether oxygens (including phenoxy) is 3. The smallest absolute Gasteiger partial charge is 0.335 e. The van der Waals surface area contributed by atoms with Crippen molar-refractivity contribution in [3.63, 3.8) is 0 Å². The topological polar surface area (TPSA) is 108 Å². The number of hydrogen-bond acceptors (Lipinski definition) is 6. The molecule has 162 valence electrons. The van der Waals surface area contributed by atoms with Crippen LogP contribution in [0.3, 0.4) is 0 Å². The normalized spacial score (nSPS) is 9.67. The maximum absolute atomic E-state index is 11.1. The van der Waals surface area contributed by atoms with Crippen molar-refractivity contribution in [2.45, 2.75) is 26.2 Å². The number of carboxylic acid groups (broad SMARTS) is 1. The van der Waals surface area contributed by atoms with E-state index in [1.165, 1.54) is 12.1 Å². The number of nitrogens with two attached hydrogens (primary N) is 1. The molecule has 0 spiro atoms. The third kappa shape index (κ3) is 10.2. The van der Waals surface area contributed by atoms with Gasteiger partial charge >= 0.3 is 11.9 Å². The first kappa shape index (κ1) is 24.6. The molecule has 0 aliphatic carbocycles. The molecule has 0 saturated heterocycles. The zero-order chi connectivity index (χ0) is 22.4. The molecule has 0 amide bonds. The van der Waals surface area contributed by atoms with Crippen molar-refractivity contribution in [1.82, 2.24) is 0 Å². The molecule has 0 radical (unpaired) electrons. The van der Waals surface area contributed by atoms with Gasteiger partial charge in [0.2, 0.25) is 0 Å². The first-order valence-electron chi connectivity index (χ1n) is 9.51. The minimum Gasteiger partial charge on any atom is -0.497 e. The van der Waals surface area contributed by atoms with Gasteiger partial charge in [-0.3, -0.25) is 0 Å². The van der Waals surface area contributed by atoms with Crippen LogP contribution in [0.5, 0.6) is 11.5 Å². The molecule has 2 aromatic carbocycles. The summed E-state index contributed by atoms with van der Waals surface area (Å²) in [6.45, 7) is 6.05. The predicted molar refractivity (Wildman–Crippen MR) is 116 cm³/mol. The Balaban J connectivity index is 0.000000414. The minimum atomic E-state index is -0.953. The molecule has 2 aromatic rings. The summed E-state index contributed by atoms with van der Waals surface area (Å²) in [5.41, 5.74) is 6.83. The van der Waals surface area contributed by atoms with E-state index in [4.69, 9.17) is 25.1 Å². The van der Waals surface area contributed by atoms with E-state index in [1.807, 2.05) is 12.1 Å². The Kier molecular flexibility index (Phi) is 11.2. The van der Waals surface area contributed by atoms with Crippen LogP contribution in [-0.2, 0) is 9.53 Å². The lowest BCUT2D eigenvalue weighted by molar-refractivity contribution is -0.139. The fraction of sp³-hybridized carbons (Fsp3) is 0.304. The van der Waals surface area contributed by atoms with Gasteiger partial charge in [0, 0.05) is 11.3 Å². The van der Waals surface area contributed by atoms with E-state index in [-0.39, 0.29) is 11.5 Å². The van der Waals surface area contributed by atoms with Crippen molar-refractivity contribution in [3.05, 3.63) is 66.2 Å². The Morgan fingerprint density at radius 2 is 1.50 bits per heavy atom. The lowest BCUT2D eigenvalue weighted by Gasteiger charge is -2.07. The number of carbonyl (C=O) groups is 2. The molecule has 3 N–H and O–H groups in total. The Hall–Kier alpha value is -3.48. The molecule has 0 unspecified atom stereocenters. The van der Waals surface area contributed by atoms with Crippen LogP contribution in [0.15, 0.2) is 60.7 Å². The molecule has 7 heteroatoms. The number of anilines is 1. The second kappa shape index (κ2) is 13.7. The summed E-state index contributed by atoms with van der Waals surface area (Å²) >= 11 is 0. The van der Waals surface area contributed by atoms with Gasteiger partial charge < -0.3 is 25.1 Å². The molecule has 0 heterocycles. The fourth-order valence-electron chi connectivity index (χ4n) is 2.16. The van der Waals surface area contributed by atoms with Crippen LogP contribution in [0.1, 0.15) is 36.5 Å². The van der Waals surface area contributed by atoms with Crippen LogP contribution >= 0.6 is 0 Å². The zero-order valence-electron chi connectivity index (χ0n) is 17.4. The number of rotatable bonds is 10. The van der Waals surface area contributed by atoms with Crippen LogP contribution in [0, 0.1) is 0 Å². The quantitative estimate of drug-likeness (QED) is 0.257. The molecule has 0 bridgehead atoms. The van der Waals surface area contributed by atoms with Gasteiger partial charge in [0.1, 0.15) is 11.5 Å². The van der Waals surface area contributed by atoms with E-state index in [0.29, 0.717) is 24.5 Å².